The van der Waals surface area contributed by atoms with Crippen LogP contribution in [0.25, 0.3) is 0 Å². The van der Waals surface area contributed by atoms with Crippen molar-refractivity contribution >= 4 is 18.3 Å². The summed E-state index contributed by atoms with van der Waals surface area (Å²) in [5, 5.41) is 0. The van der Waals surface area contributed by atoms with E-state index in [9.17, 15) is 4.79 Å². The predicted molar refractivity (Wildman–Crippen MR) is 115 cm³/mol. The van der Waals surface area contributed by atoms with E-state index in [1.165, 1.54) is 0 Å². The molecule has 1 unspecified atom stereocenters. The van der Waals surface area contributed by atoms with Crippen LogP contribution in [0.1, 0.15) is 23.7 Å². The van der Waals surface area contributed by atoms with Crippen LogP contribution in [0.15, 0.2) is 48.5 Å². The molecular weight excluding hydrogens is 392 g/mol. The van der Waals surface area contributed by atoms with Gasteiger partial charge in [-0.2, -0.15) is 0 Å². The zero-order chi connectivity index (χ0) is 19.8. The molecule has 1 aliphatic heterocycles. The Balaban J connectivity index is 0.00000300. The molecule has 3 rings (SSSR count). The highest BCUT2D eigenvalue weighted by Crippen LogP contribution is 2.30. The van der Waals surface area contributed by atoms with Crippen molar-refractivity contribution in [1.29, 1.82) is 0 Å². The maximum Gasteiger partial charge on any atom is 0.254 e. The minimum Gasteiger partial charge on any atom is -0.490 e. The Kier molecular flexibility index (Phi) is 9.09. The van der Waals surface area contributed by atoms with Gasteiger partial charge in [-0.15, -0.1) is 12.4 Å². The van der Waals surface area contributed by atoms with Gasteiger partial charge in [0.2, 0.25) is 0 Å². The molecule has 1 aliphatic rings. The van der Waals surface area contributed by atoms with Crippen LogP contribution in [-0.2, 0) is 0 Å². The summed E-state index contributed by atoms with van der Waals surface area (Å²) in [6, 6.07) is 14.9. The molecule has 0 spiro atoms. The second-order valence-corrected chi connectivity index (χ2v) is 6.75. The molecule has 7 heteroatoms. The molecule has 2 aromatic carbocycles. The first-order valence-corrected chi connectivity index (χ1v) is 9.78. The van der Waals surface area contributed by atoms with Crippen LogP contribution in [0.2, 0.25) is 0 Å². The van der Waals surface area contributed by atoms with Gasteiger partial charge in [0.1, 0.15) is 19.0 Å². The smallest absolute Gasteiger partial charge is 0.254 e. The third-order valence-electron chi connectivity index (χ3n) is 4.75. The molecule has 1 saturated heterocycles. The van der Waals surface area contributed by atoms with Crippen LogP contribution in [0, 0.1) is 5.92 Å². The van der Waals surface area contributed by atoms with Crippen molar-refractivity contribution in [2.24, 2.45) is 11.7 Å². The Labute approximate surface area is 178 Å². The molecule has 0 aliphatic carbocycles. The van der Waals surface area contributed by atoms with Gasteiger partial charge in [0.25, 0.3) is 5.91 Å². The molecule has 2 aromatic rings. The Morgan fingerprint density at radius 3 is 2.52 bits per heavy atom. The number of ether oxygens (including phenoxy) is 3. The fraction of sp³-hybridized carbons (Fsp3) is 0.409. The summed E-state index contributed by atoms with van der Waals surface area (Å²) in [6.07, 6.45) is 0.961. The van der Waals surface area contributed by atoms with Gasteiger partial charge in [-0.05, 0) is 56.1 Å². The highest BCUT2D eigenvalue weighted by Gasteiger charge is 2.26. The minimum absolute atomic E-state index is 0. The van der Waals surface area contributed by atoms with Gasteiger partial charge in [0, 0.05) is 18.7 Å². The van der Waals surface area contributed by atoms with Crippen molar-refractivity contribution in [2.75, 3.05) is 39.5 Å². The minimum atomic E-state index is 0. The highest BCUT2D eigenvalue weighted by molar-refractivity contribution is 5.95. The van der Waals surface area contributed by atoms with Crippen molar-refractivity contribution in [3.8, 4) is 17.2 Å². The van der Waals surface area contributed by atoms with Crippen LogP contribution in [0.3, 0.4) is 0 Å². The first-order valence-electron chi connectivity index (χ1n) is 9.78. The maximum atomic E-state index is 12.8. The summed E-state index contributed by atoms with van der Waals surface area (Å²) >= 11 is 0. The quantitative estimate of drug-likeness (QED) is 0.629. The summed E-state index contributed by atoms with van der Waals surface area (Å²) in [5.74, 6) is 2.39. The monoisotopic (exact) mass is 420 g/mol. The molecule has 2 N–H and O–H groups in total. The Bertz CT molecular complexity index is 773. The molecule has 0 bridgehead atoms. The van der Waals surface area contributed by atoms with Crippen molar-refractivity contribution < 1.29 is 19.0 Å². The van der Waals surface area contributed by atoms with E-state index in [1.807, 2.05) is 42.2 Å². The van der Waals surface area contributed by atoms with Crippen LogP contribution in [0.4, 0.5) is 0 Å². The van der Waals surface area contributed by atoms with E-state index in [0.717, 1.165) is 18.7 Å². The fourth-order valence-corrected chi connectivity index (χ4v) is 3.25. The van der Waals surface area contributed by atoms with E-state index in [-0.39, 0.29) is 18.3 Å². The Morgan fingerprint density at radius 2 is 1.83 bits per heavy atom. The standard InChI is InChI=1S/C22H28N2O4.ClH/c1-2-26-21-14-18(22(25)24-11-10-17(15-23)16-24)8-9-20(21)28-13-12-27-19-6-4-3-5-7-19;/h3-9,14,17H,2,10-13,15-16,23H2,1H3;1H. The van der Waals surface area contributed by atoms with Crippen LogP contribution in [0.5, 0.6) is 17.2 Å². The zero-order valence-corrected chi connectivity index (χ0v) is 17.5. The molecular formula is C22H29ClN2O4. The number of halogens is 1. The maximum absolute atomic E-state index is 12.8. The van der Waals surface area contributed by atoms with Gasteiger partial charge < -0.3 is 24.8 Å². The number of likely N-dealkylation sites (tertiary alicyclic amines) is 1. The molecule has 1 fully saturated rings. The Hall–Kier alpha value is -2.44. The van der Waals surface area contributed by atoms with Gasteiger partial charge in [-0.1, -0.05) is 18.2 Å². The number of nitrogens with zero attached hydrogens (tertiary/aromatic N) is 1. The molecule has 1 atom stereocenters. The molecule has 158 valence electrons. The summed E-state index contributed by atoms with van der Waals surface area (Å²) in [7, 11) is 0. The van der Waals surface area contributed by atoms with Gasteiger partial charge in [-0.25, -0.2) is 0 Å². The number of hydrogen-bond acceptors (Lipinski definition) is 5. The average molecular weight is 421 g/mol. The largest absolute Gasteiger partial charge is 0.490 e. The van der Waals surface area contributed by atoms with Crippen molar-refractivity contribution in [3.05, 3.63) is 54.1 Å². The van der Waals surface area contributed by atoms with Crippen LogP contribution < -0.4 is 19.9 Å². The third kappa shape index (κ3) is 6.27. The first-order chi connectivity index (χ1) is 13.7. The van der Waals surface area contributed by atoms with Gasteiger partial charge in [-0.3, -0.25) is 4.79 Å². The number of rotatable bonds is 9. The molecule has 1 heterocycles. The van der Waals surface area contributed by atoms with Gasteiger partial charge >= 0.3 is 0 Å². The summed E-state index contributed by atoms with van der Waals surface area (Å²) in [4.78, 5) is 14.6. The molecule has 1 amide bonds. The number of amides is 1. The van der Waals surface area contributed by atoms with E-state index in [1.54, 1.807) is 18.2 Å². The lowest BCUT2D eigenvalue weighted by molar-refractivity contribution is 0.0787. The lowest BCUT2D eigenvalue weighted by Gasteiger charge is -2.18. The summed E-state index contributed by atoms with van der Waals surface area (Å²) in [5.41, 5.74) is 6.33. The van der Waals surface area contributed by atoms with E-state index < -0.39 is 0 Å². The SMILES string of the molecule is CCOc1cc(C(=O)N2CCC(CN)C2)ccc1OCCOc1ccccc1.Cl. The van der Waals surface area contributed by atoms with Gasteiger partial charge in [0.05, 0.1) is 6.61 Å². The second kappa shape index (κ2) is 11.5. The topological polar surface area (TPSA) is 74.0 Å². The van der Waals surface area contributed by atoms with Crippen LogP contribution in [-0.4, -0.2) is 50.3 Å². The fourth-order valence-electron chi connectivity index (χ4n) is 3.25. The number of para-hydroxylation sites is 1. The van der Waals surface area contributed by atoms with E-state index >= 15 is 0 Å². The molecule has 0 radical (unpaired) electrons. The molecule has 0 aromatic heterocycles. The summed E-state index contributed by atoms with van der Waals surface area (Å²) in [6.45, 7) is 5.29. The predicted octanol–water partition coefficient (Wildman–Crippen LogP) is 3.39. The summed E-state index contributed by atoms with van der Waals surface area (Å²) < 4.78 is 17.1. The second-order valence-electron chi connectivity index (χ2n) is 6.75. The number of nitrogens with two attached hydrogens (primary N) is 1. The van der Waals surface area contributed by atoms with E-state index in [0.29, 0.717) is 55.9 Å². The van der Waals surface area contributed by atoms with Gasteiger partial charge in [0.15, 0.2) is 11.5 Å². The lowest BCUT2D eigenvalue weighted by atomic mass is 10.1. The number of hydrogen-bond donors (Lipinski definition) is 1. The first kappa shape index (κ1) is 22.8. The molecule has 29 heavy (non-hydrogen) atoms. The van der Waals surface area contributed by atoms with E-state index in [4.69, 9.17) is 19.9 Å². The van der Waals surface area contributed by atoms with E-state index in [2.05, 4.69) is 0 Å². The van der Waals surface area contributed by atoms with Crippen molar-refractivity contribution in [2.45, 2.75) is 13.3 Å². The number of carbonyl (C=O) groups is 1. The molecule has 6 nitrogen and oxygen atoms in total. The third-order valence-corrected chi connectivity index (χ3v) is 4.75. The molecule has 0 saturated carbocycles. The van der Waals surface area contributed by atoms with Crippen molar-refractivity contribution in [3.63, 3.8) is 0 Å². The highest BCUT2D eigenvalue weighted by atomic mass is 35.5. The Morgan fingerprint density at radius 1 is 1.07 bits per heavy atom. The van der Waals surface area contributed by atoms with Crippen molar-refractivity contribution in [1.82, 2.24) is 4.90 Å². The normalized spacial score (nSPS) is 15.5. The number of carbonyl (C=O) groups excluding carboxylic acids is 1. The van der Waals surface area contributed by atoms with Crippen LogP contribution >= 0.6 is 12.4 Å². The lowest BCUT2D eigenvalue weighted by Crippen LogP contribution is -2.29. The average Bonchev–Trinajstić information content (AvgIpc) is 3.22. The number of benzene rings is 2. The zero-order valence-electron chi connectivity index (χ0n) is 16.7.